The Kier molecular flexibility index (Phi) is 90.0. The summed E-state index contributed by atoms with van der Waals surface area (Å²) in [4.78, 5) is 0. The predicted octanol–water partition coefficient (Wildman–Crippen LogP) is -0.772. The molecule has 0 aliphatic carbocycles. The molecule has 0 N–H and O–H groups in total. The monoisotopic (exact) mass is 120 g/mol. The van der Waals surface area contributed by atoms with Crippen molar-refractivity contribution >= 4 is 18.9 Å². The molecule has 0 rings (SSSR count). The van der Waals surface area contributed by atoms with Crippen LogP contribution in [0.2, 0.25) is 0 Å². The van der Waals surface area contributed by atoms with Crippen molar-refractivity contribution in [3.8, 4) is 0 Å². The van der Waals surface area contributed by atoms with Crippen LogP contribution in [0.15, 0.2) is 0 Å². The minimum Gasteiger partial charge on any atom is 0 e. The summed E-state index contributed by atoms with van der Waals surface area (Å²) < 4.78 is 8.25. The maximum absolute atomic E-state index is 8.25. The second kappa shape index (κ2) is 21.2. The zero-order chi connectivity index (χ0) is 2.00. The van der Waals surface area contributed by atoms with Crippen LogP contribution in [-0.4, -0.2) is 18.9 Å². The maximum atomic E-state index is 8.25. The first kappa shape index (κ1) is 17.0. The Morgan fingerprint density at radius 1 is 1.25 bits per heavy atom. The van der Waals surface area contributed by atoms with Crippen molar-refractivity contribution in [1.82, 2.24) is 0 Å². The molecule has 0 aliphatic rings. The first-order chi connectivity index (χ1) is 1.00. The van der Waals surface area contributed by atoms with Crippen LogP contribution in [0.5, 0.6) is 0 Å². The Morgan fingerprint density at radius 2 is 1.25 bits per heavy atom. The summed E-state index contributed by atoms with van der Waals surface area (Å²) in [6.07, 6.45) is 0. The molecule has 4 heavy (non-hydrogen) atoms. The first-order valence-corrected chi connectivity index (χ1v) is 0.842. The normalized spacial score (nSPS) is 0.750. The molecule has 0 radical (unpaired) electrons. The first-order valence-electron chi connectivity index (χ1n) is 0.204. The molecular weight excluding hydrogens is 119 g/mol. The van der Waals surface area contributed by atoms with Crippen molar-refractivity contribution in [3.63, 3.8) is 0 Å². The van der Waals surface area contributed by atoms with E-state index in [2.05, 4.69) is 0 Å². The average molecular weight is 120 g/mol. The molecular formula is HLiOTi2. The second-order valence-electron chi connectivity index (χ2n) is 0. The van der Waals surface area contributed by atoms with Gasteiger partial charge in [-0.15, -0.1) is 0 Å². The van der Waals surface area contributed by atoms with Crippen LogP contribution in [0, 0.1) is 0 Å². The van der Waals surface area contributed by atoms with E-state index in [9.17, 15) is 0 Å². The number of rotatable bonds is 0. The van der Waals surface area contributed by atoms with Gasteiger partial charge in [-0.05, 0) is 0 Å². The Morgan fingerprint density at radius 3 is 1.25 bits per heavy atom. The second-order valence-corrected chi connectivity index (χ2v) is 0. The van der Waals surface area contributed by atoms with Gasteiger partial charge in [0, 0.05) is 21.7 Å². The van der Waals surface area contributed by atoms with E-state index in [0.717, 1.165) is 20.4 Å². The van der Waals surface area contributed by atoms with Crippen molar-refractivity contribution in [2.24, 2.45) is 0 Å². The third kappa shape index (κ3) is 9.16. The van der Waals surface area contributed by atoms with E-state index in [-0.39, 0.29) is 40.6 Å². The molecule has 0 fully saturated rings. The molecule has 4 heteroatoms. The van der Waals surface area contributed by atoms with Gasteiger partial charge in [-0.1, -0.05) is 0 Å². The summed E-state index contributed by atoms with van der Waals surface area (Å²) in [6.45, 7) is 0. The molecule has 0 unspecified atom stereocenters. The maximum Gasteiger partial charge on any atom is 0 e. The van der Waals surface area contributed by atoms with Gasteiger partial charge in [-0.2, -0.15) is 0 Å². The van der Waals surface area contributed by atoms with E-state index >= 15 is 0 Å². The third-order valence-electron chi connectivity index (χ3n) is 0. The molecule has 0 saturated heterocycles. The van der Waals surface area contributed by atoms with Gasteiger partial charge >= 0.3 is 42.6 Å². The Bertz CT molecular complexity index is 6.00. The van der Waals surface area contributed by atoms with Crippen molar-refractivity contribution in [2.45, 2.75) is 0 Å². The Balaban J connectivity index is -0.00000000500. The van der Waals surface area contributed by atoms with Crippen LogP contribution < -0.4 is 0 Å². The summed E-state index contributed by atoms with van der Waals surface area (Å²) in [5.74, 6) is 0. The molecule has 0 amide bonds. The summed E-state index contributed by atoms with van der Waals surface area (Å²) in [7, 11) is 0. The fourth-order valence-electron chi connectivity index (χ4n) is 0. The zero-order valence-electron chi connectivity index (χ0n) is 1.41. The quantitative estimate of drug-likeness (QED) is 0.383. The van der Waals surface area contributed by atoms with E-state index in [1.807, 2.05) is 0 Å². The van der Waals surface area contributed by atoms with Gasteiger partial charge in [0.05, 0.1) is 0 Å². The van der Waals surface area contributed by atoms with Crippen LogP contribution in [0.4, 0.5) is 0 Å². The van der Waals surface area contributed by atoms with Crippen LogP contribution >= 0.6 is 0 Å². The van der Waals surface area contributed by atoms with E-state index in [0.29, 0.717) is 0 Å². The van der Waals surface area contributed by atoms with E-state index in [4.69, 9.17) is 3.32 Å². The van der Waals surface area contributed by atoms with E-state index in [1.54, 1.807) is 0 Å². The van der Waals surface area contributed by atoms with Crippen LogP contribution in [0.1, 0.15) is 0 Å². The molecule has 0 aromatic carbocycles. The van der Waals surface area contributed by atoms with Crippen molar-refractivity contribution in [1.29, 1.82) is 0 Å². The number of hydrogen-bond donors (Lipinski definition) is 0. The third-order valence-corrected chi connectivity index (χ3v) is 0. The van der Waals surface area contributed by atoms with Crippen molar-refractivity contribution in [3.05, 3.63) is 0 Å². The smallest absolute Gasteiger partial charge is 0 e. The Labute approximate surface area is 63.7 Å². The molecule has 16 valence electrons. The summed E-state index contributed by atoms with van der Waals surface area (Å²) in [6, 6.07) is 0. The van der Waals surface area contributed by atoms with Gasteiger partial charge in [0.25, 0.3) is 0 Å². The summed E-state index contributed by atoms with van der Waals surface area (Å²) in [5, 5.41) is 0. The molecule has 0 aliphatic heterocycles. The standard InChI is InChI=1S/Li.O.2Ti.H. The predicted molar refractivity (Wildman–Crippen MR) is 7.84 cm³/mol. The minimum absolute atomic E-state index is 0. The van der Waals surface area contributed by atoms with Crippen LogP contribution in [-0.2, 0) is 45.4 Å². The molecule has 0 aromatic heterocycles. The molecule has 0 spiro atoms. The summed E-state index contributed by atoms with van der Waals surface area (Å²) in [5.41, 5.74) is 0. The fraction of sp³-hybridized carbons (Fsp3) is 0. The molecule has 1 nitrogen and oxygen atoms in total. The Hall–Kier alpha value is 1.83. The molecule has 0 atom stereocenters. The molecule has 0 saturated carbocycles. The molecule has 0 heterocycles. The van der Waals surface area contributed by atoms with Gasteiger partial charge in [0.2, 0.25) is 0 Å². The topological polar surface area (TPSA) is 17.1 Å². The zero-order valence-corrected chi connectivity index (χ0v) is 4.53. The fourth-order valence-corrected chi connectivity index (χ4v) is 0. The van der Waals surface area contributed by atoms with Gasteiger partial charge in [-0.25, -0.2) is 0 Å². The SMILES string of the molecule is [LiH].[O]=[Ti].[Ti]. The van der Waals surface area contributed by atoms with E-state index < -0.39 is 0 Å². The van der Waals surface area contributed by atoms with Gasteiger partial charge in [0.1, 0.15) is 0 Å². The van der Waals surface area contributed by atoms with E-state index in [1.165, 1.54) is 0 Å². The molecule has 0 aromatic rings. The average Bonchev–Trinajstić information content (AvgIpc) is 1.00. The van der Waals surface area contributed by atoms with Gasteiger partial charge in [-0.3, -0.25) is 0 Å². The van der Waals surface area contributed by atoms with Crippen LogP contribution in [0.3, 0.4) is 0 Å². The van der Waals surface area contributed by atoms with Crippen LogP contribution in [0.25, 0.3) is 0 Å². The van der Waals surface area contributed by atoms with Gasteiger partial charge in [0.15, 0.2) is 0 Å². The summed E-state index contributed by atoms with van der Waals surface area (Å²) >= 11 is 0.750. The van der Waals surface area contributed by atoms with Gasteiger partial charge < -0.3 is 0 Å². The molecule has 0 bridgehead atoms. The minimum atomic E-state index is 0. The van der Waals surface area contributed by atoms with Crippen molar-refractivity contribution in [2.75, 3.05) is 0 Å². The number of hydrogen-bond acceptors (Lipinski definition) is 1. The largest absolute Gasteiger partial charge is 0 e. The van der Waals surface area contributed by atoms with Crippen molar-refractivity contribution < 1.29 is 45.4 Å².